The lowest BCUT2D eigenvalue weighted by molar-refractivity contribution is 0.0641. The van der Waals surface area contributed by atoms with Gasteiger partial charge in [0.15, 0.2) is 0 Å². The molecule has 1 aliphatic rings. The summed E-state index contributed by atoms with van der Waals surface area (Å²) in [6.45, 7) is 4.71. The number of rotatable bonds is 3. The molecular weight excluding hydrogens is 285 g/mol. The minimum atomic E-state index is 0.00552. The van der Waals surface area contributed by atoms with Gasteiger partial charge < -0.3 is 10.6 Å². The van der Waals surface area contributed by atoms with Crippen molar-refractivity contribution in [3.8, 4) is 0 Å². The van der Waals surface area contributed by atoms with Crippen molar-refractivity contribution in [2.45, 2.75) is 0 Å². The Bertz CT molecular complexity index is 459. The van der Waals surface area contributed by atoms with E-state index in [0.717, 1.165) is 32.7 Å². The monoisotopic (exact) mass is 301 g/mol. The van der Waals surface area contributed by atoms with Crippen LogP contribution in [0.2, 0.25) is 10.0 Å². The molecule has 0 radical (unpaired) electrons. The number of nitrogens with two attached hydrogens (primary N) is 1. The van der Waals surface area contributed by atoms with Gasteiger partial charge in [0.25, 0.3) is 5.91 Å². The van der Waals surface area contributed by atoms with Crippen LogP contribution in [0.25, 0.3) is 0 Å². The molecule has 1 aromatic carbocycles. The Labute approximate surface area is 123 Å². The first kappa shape index (κ1) is 14.6. The second-order valence-corrected chi connectivity index (χ2v) is 5.37. The van der Waals surface area contributed by atoms with E-state index in [1.165, 1.54) is 0 Å². The van der Waals surface area contributed by atoms with Gasteiger partial charge in [0.05, 0.1) is 10.0 Å². The van der Waals surface area contributed by atoms with Crippen LogP contribution < -0.4 is 5.73 Å². The summed E-state index contributed by atoms with van der Waals surface area (Å²) in [4.78, 5) is 16.4. The Hall–Kier alpha value is -0.810. The number of carbonyl (C=O) groups excluding carboxylic acids is 1. The highest BCUT2D eigenvalue weighted by Gasteiger charge is 2.21. The first-order chi connectivity index (χ1) is 9.11. The van der Waals surface area contributed by atoms with Crippen LogP contribution in [-0.2, 0) is 0 Å². The highest BCUT2D eigenvalue weighted by molar-refractivity contribution is 6.42. The maximum Gasteiger partial charge on any atom is 0.253 e. The van der Waals surface area contributed by atoms with E-state index in [9.17, 15) is 4.79 Å². The van der Waals surface area contributed by atoms with Crippen LogP contribution in [0.3, 0.4) is 0 Å². The molecule has 1 saturated heterocycles. The highest BCUT2D eigenvalue weighted by atomic mass is 35.5. The van der Waals surface area contributed by atoms with E-state index < -0.39 is 0 Å². The van der Waals surface area contributed by atoms with Gasteiger partial charge in [-0.15, -0.1) is 0 Å². The van der Waals surface area contributed by atoms with Gasteiger partial charge in [-0.1, -0.05) is 23.2 Å². The third-order valence-electron chi connectivity index (χ3n) is 3.27. The van der Waals surface area contributed by atoms with Gasteiger partial charge in [0.1, 0.15) is 0 Å². The van der Waals surface area contributed by atoms with E-state index in [2.05, 4.69) is 4.90 Å². The predicted molar refractivity (Wildman–Crippen MR) is 77.9 cm³/mol. The number of benzene rings is 1. The zero-order chi connectivity index (χ0) is 13.8. The molecule has 1 fully saturated rings. The zero-order valence-corrected chi connectivity index (χ0v) is 12.1. The first-order valence-electron chi connectivity index (χ1n) is 6.28. The van der Waals surface area contributed by atoms with Gasteiger partial charge >= 0.3 is 0 Å². The molecule has 0 atom stereocenters. The van der Waals surface area contributed by atoms with E-state index in [1.54, 1.807) is 18.2 Å². The number of hydrogen-bond acceptors (Lipinski definition) is 3. The molecule has 1 aliphatic heterocycles. The summed E-state index contributed by atoms with van der Waals surface area (Å²) in [5.74, 6) is 0.00552. The maximum absolute atomic E-state index is 12.3. The summed E-state index contributed by atoms with van der Waals surface area (Å²) in [5, 5.41) is 0.875. The fourth-order valence-electron chi connectivity index (χ4n) is 2.17. The lowest BCUT2D eigenvalue weighted by Crippen LogP contribution is -2.49. The Morgan fingerprint density at radius 2 is 1.84 bits per heavy atom. The molecule has 104 valence electrons. The Morgan fingerprint density at radius 1 is 1.16 bits per heavy atom. The predicted octanol–water partition coefficient (Wildman–Crippen LogP) is 1.71. The van der Waals surface area contributed by atoms with Crippen molar-refractivity contribution >= 4 is 29.1 Å². The molecule has 0 spiro atoms. The quantitative estimate of drug-likeness (QED) is 0.925. The van der Waals surface area contributed by atoms with E-state index in [4.69, 9.17) is 28.9 Å². The second-order valence-electron chi connectivity index (χ2n) is 4.55. The number of carbonyl (C=O) groups is 1. The topological polar surface area (TPSA) is 49.6 Å². The molecule has 1 heterocycles. The third-order valence-corrected chi connectivity index (χ3v) is 4.01. The molecule has 0 aliphatic carbocycles. The summed E-state index contributed by atoms with van der Waals surface area (Å²) in [7, 11) is 0. The minimum absolute atomic E-state index is 0.00552. The Kier molecular flexibility index (Phi) is 5.05. The SMILES string of the molecule is NCCN1CCN(C(=O)c2ccc(Cl)c(Cl)c2)CC1. The number of piperazine rings is 1. The van der Waals surface area contributed by atoms with Gasteiger partial charge in [-0.3, -0.25) is 9.69 Å². The van der Waals surface area contributed by atoms with Crippen LogP contribution in [0, 0.1) is 0 Å². The molecule has 2 N–H and O–H groups in total. The van der Waals surface area contributed by atoms with Crippen LogP contribution in [-0.4, -0.2) is 55.0 Å². The highest BCUT2D eigenvalue weighted by Crippen LogP contribution is 2.23. The second kappa shape index (κ2) is 6.57. The fourth-order valence-corrected chi connectivity index (χ4v) is 2.47. The number of nitrogens with zero attached hydrogens (tertiary/aromatic N) is 2. The summed E-state index contributed by atoms with van der Waals surface area (Å²) < 4.78 is 0. The Morgan fingerprint density at radius 3 is 2.42 bits per heavy atom. The van der Waals surface area contributed by atoms with E-state index in [-0.39, 0.29) is 5.91 Å². The molecular formula is C13H17Cl2N3O. The van der Waals surface area contributed by atoms with Crippen LogP contribution >= 0.6 is 23.2 Å². The standard InChI is InChI=1S/C13H17Cl2N3O/c14-11-2-1-10(9-12(11)15)13(19)18-7-5-17(4-3-16)6-8-18/h1-2,9H,3-8,16H2. The van der Waals surface area contributed by atoms with Crippen LogP contribution in [0.5, 0.6) is 0 Å². The van der Waals surface area contributed by atoms with E-state index in [1.807, 2.05) is 4.90 Å². The molecule has 4 nitrogen and oxygen atoms in total. The number of halogens is 2. The molecule has 1 aromatic rings. The van der Waals surface area contributed by atoms with E-state index >= 15 is 0 Å². The van der Waals surface area contributed by atoms with Crippen molar-refractivity contribution < 1.29 is 4.79 Å². The lowest BCUT2D eigenvalue weighted by atomic mass is 10.2. The molecule has 0 aromatic heterocycles. The summed E-state index contributed by atoms with van der Waals surface area (Å²) in [5.41, 5.74) is 6.11. The van der Waals surface area contributed by atoms with Crippen molar-refractivity contribution in [2.75, 3.05) is 39.3 Å². The lowest BCUT2D eigenvalue weighted by Gasteiger charge is -2.34. The van der Waals surface area contributed by atoms with Gasteiger partial charge in [-0.2, -0.15) is 0 Å². The average molecular weight is 302 g/mol. The van der Waals surface area contributed by atoms with E-state index in [0.29, 0.717) is 22.2 Å². The fraction of sp³-hybridized carbons (Fsp3) is 0.462. The van der Waals surface area contributed by atoms with Crippen molar-refractivity contribution in [3.63, 3.8) is 0 Å². The number of hydrogen-bond donors (Lipinski definition) is 1. The normalized spacial score (nSPS) is 16.7. The first-order valence-corrected chi connectivity index (χ1v) is 7.04. The van der Waals surface area contributed by atoms with Crippen LogP contribution in [0.1, 0.15) is 10.4 Å². The minimum Gasteiger partial charge on any atom is -0.336 e. The molecule has 6 heteroatoms. The van der Waals surface area contributed by atoms with Gasteiger partial charge in [-0.25, -0.2) is 0 Å². The van der Waals surface area contributed by atoms with Gasteiger partial charge in [0, 0.05) is 44.8 Å². The van der Waals surface area contributed by atoms with Gasteiger partial charge in [0.2, 0.25) is 0 Å². The summed E-state index contributed by atoms with van der Waals surface area (Å²) in [6, 6.07) is 4.99. The molecule has 0 saturated carbocycles. The zero-order valence-electron chi connectivity index (χ0n) is 10.6. The molecule has 0 unspecified atom stereocenters. The molecule has 2 rings (SSSR count). The average Bonchev–Trinajstić information content (AvgIpc) is 2.42. The molecule has 0 bridgehead atoms. The maximum atomic E-state index is 12.3. The third kappa shape index (κ3) is 3.60. The smallest absolute Gasteiger partial charge is 0.253 e. The van der Waals surface area contributed by atoms with Crippen LogP contribution in [0.4, 0.5) is 0 Å². The van der Waals surface area contributed by atoms with Crippen molar-refractivity contribution in [1.29, 1.82) is 0 Å². The number of amides is 1. The largest absolute Gasteiger partial charge is 0.336 e. The Balaban J connectivity index is 1.99. The van der Waals surface area contributed by atoms with Crippen molar-refractivity contribution in [3.05, 3.63) is 33.8 Å². The van der Waals surface area contributed by atoms with Crippen LogP contribution in [0.15, 0.2) is 18.2 Å². The van der Waals surface area contributed by atoms with Crippen molar-refractivity contribution in [1.82, 2.24) is 9.80 Å². The molecule has 1 amide bonds. The summed E-state index contributed by atoms with van der Waals surface area (Å²) in [6.07, 6.45) is 0. The summed E-state index contributed by atoms with van der Waals surface area (Å²) >= 11 is 11.8. The van der Waals surface area contributed by atoms with Crippen molar-refractivity contribution in [2.24, 2.45) is 5.73 Å². The molecule has 19 heavy (non-hydrogen) atoms. The van der Waals surface area contributed by atoms with Gasteiger partial charge in [-0.05, 0) is 18.2 Å².